The molecule has 1 saturated carbocycles. The number of aliphatic carboxylic acids is 1. The Morgan fingerprint density at radius 2 is 1.50 bits per heavy atom. The Morgan fingerprint density at radius 1 is 0.882 bits per heavy atom. The Kier molecular flexibility index (Phi) is 5.76. The number of hydrogen-bond donors (Lipinski definition) is 3. The van der Waals surface area contributed by atoms with Gasteiger partial charge in [-0.15, -0.1) is 0 Å². The monoisotopic (exact) mass is 456 g/mol. The second-order valence-corrected chi connectivity index (χ2v) is 8.68. The predicted octanol–water partition coefficient (Wildman–Crippen LogP) is 4.50. The summed E-state index contributed by atoms with van der Waals surface area (Å²) in [5.74, 6) is -1.47. The molecule has 0 radical (unpaired) electrons. The number of carbonyl (C=O) groups is 3. The van der Waals surface area contributed by atoms with Crippen LogP contribution < -0.4 is 10.6 Å². The molecule has 2 aliphatic rings. The van der Waals surface area contributed by atoms with Gasteiger partial charge in [0.25, 0.3) is 5.91 Å². The lowest BCUT2D eigenvalue weighted by Gasteiger charge is -2.14. The van der Waals surface area contributed by atoms with E-state index in [0.29, 0.717) is 24.2 Å². The number of carbonyl (C=O) groups excluding carboxylic acids is 2. The first-order valence-electron chi connectivity index (χ1n) is 11.2. The fourth-order valence-electron chi connectivity index (χ4n) is 4.56. The van der Waals surface area contributed by atoms with Gasteiger partial charge in [-0.1, -0.05) is 48.5 Å². The van der Waals surface area contributed by atoms with Gasteiger partial charge >= 0.3 is 12.1 Å². The van der Waals surface area contributed by atoms with Gasteiger partial charge in [0.2, 0.25) is 0 Å². The van der Waals surface area contributed by atoms with Crippen molar-refractivity contribution in [3.8, 4) is 11.1 Å². The van der Waals surface area contributed by atoms with E-state index in [2.05, 4.69) is 34.9 Å². The Hall–Kier alpha value is -4.13. The first kappa shape index (κ1) is 21.7. The highest BCUT2D eigenvalue weighted by Gasteiger charge is 2.43. The van der Waals surface area contributed by atoms with E-state index in [4.69, 9.17) is 9.84 Å². The van der Waals surface area contributed by atoms with E-state index in [0.717, 1.165) is 11.1 Å². The molecule has 5 rings (SSSR count). The maximum Gasteiger partial charge on any atom is 0.411 e. The lowest BCUT2D eigenvalue weighted by molar-refractivity contribution is -0.138. The Bertz CT molecular complexity index is 1210. The van der Waals surface area contributed by atoms with Crippen LogP contribution in [0.2, 0.25) is 0 Å². The molecule has 2 atom stereocenters. The number of benzene rings is 3. The van der Waals surface area contributed by atoms with E-state index < -0.39 is 12.1 Å². The van der Waals surface area contributed by atoms with E-state index in [1.165, 1.54) is 11.1 Å². The number of nitrogens with one attached hydrogen (secondary N) is 2. The summed E-state index contributed by atoms with van der Waals surface area (Å²) in [5.41, 5.74) is 5.58. The molecular weight excluding hydrogens is 432 g/mol. The topological polar surface area (TPSA) is 105 Å². The highest BCUT2D eigenvalue weighted by molar-refractivity contribution is 5.95. The molecule has 2 aliphatic carbocycles. The van der Waals surface area contributed by atoms with Crippen LogP contribution >= 0.6 is 0 Å². The van der Waals surface area contributed by atoms with E-state index >= 15 is 0 Å². The van der Waals surface area contributed by atoms with Gasteiger partial charge in [0.1, 0.15) is 6.61 Å². The lowest BCUT2D eigenvalue weighted by Crippen LogP contribution is -2.26. The average Bonchev–Trinajstić information content (AvgIpc) is 3.57. The molecule has 0 aromatic heterocycles. The number of carboxylic acid groups (broad SMARTS) is 1. The van der Waals surface area contributed by atoms with Crippen LogP contribution in [-0.4, -0.2) is 36.2 Å². The van der Waals surface area contributed by atoms with Crippen molar-refractivity contribution in [3.63, 3.8) is 0 Å². The van der Waals surface area contributed by atoms with Gasteiger partial charge in [0, 0.05) is 23.7 Å². The number of hydrogen-bond acceptors (Lipinski definition) is 4. The molecule has 1 fully saturated rings. The molecule has 7 nitrogen and oxygen atoms in total. The molecule has 34 heavy (non-hydrogen) atoms. The summed E-state index contributed by atoms with van der Waals surface area (Å²) >= 11 is 0. The molecule has 0 unspecified atom stereocenters. The fourth-order valence-corrected chi connectivity index (χ4v) is 4.56. The highest BCUT2D eigenvalue weighted by atomic mass is 16.5. The van der Waals surface area contributed by atoms with Crippen molar-refractivity contribution >= 4 is 23.7 Å². The molecule has 2 amide bonds. The molecule has 0 saturated heterocycles. The van der Waals surface area contributed by atoms with Crippen LogP contribution in [0.5, 0.6) is 0 Å². The SMILES string of the molecule is O=C(Nc1ccc(C(=O)NC[C@H]2C[C@H]2C(=O)O)cc1)OCC1c2ccccc2-c2ccccc21. The normalized spacial score (nSPS) is 17.9. The third kappa shape index (κ3) is 4.37. The number of rotatable bonds is 7. The summed E-state index contributed by atoms with van der Waals surface area (Å²) < 4.78 is 5.55. The van der Waals surface area contributed by atoms with Crippen LogP contribution in [-0.2, 0) is 9.53 Å². The third-order valence-electron chi connectivity index (χ3n) is 6.50. The maximum atomic E-state index is 12.4. The second kappa shape index (κ2) is 9.02. The molecular formula is C27H24N2O5. The van der Waals surface area contributed by atoms with Gasteiger partial charge in [0.05, 0.1) is 5.92 Å². The molecule has 172 valence electrons. The first-order valence-corrected chi connectivity index (χ1v) is 11.2. The van der Waals surface area contributed by atoms with Gasteiger partial charge in [-0.2, -0.15) is 0 Å². The first-order chi connectivity index (χ1) is 16.5. The van der Waals surface area contributed by atoms with Crippen molar-refractivity contribution in [2.45, 2.75) is 12.3 Å². The molecule has 0 aliphatic heterocycles. The number of carboxylic acids is 1. The van der Waals surface area contributed by atoms with Crippen LogP contribution in [0.4, 0.5) is 10.5 Å². The molecule has 3 aromatic rings. The molecule has 7 heteroatoms. The standard InChI is InChI=1S/C27H24N2O5/c30-25(28-14-17-13-23(17)26(31)32)16-9-11-18(12-10-16)29-27(33)34-15-24-21-7-3-1-5-19(21)20-6-2-4-8-22(20)24/h1-12,17,23-24H,13-15H2,(H,28,30)(H,29,33)(H,31,32)/t17-,23-/m1/s1. The average molecular weight is 456 g/mol. The number of amides is 2. The van der Waals surface area contributed by atoms with Gasteiger partial charge in [-0.05, 0) is 58.9 Å². The Morgan fingerprint density at radius 3 is 2.09 bits per heavy atom. The third-order valence-corrected chi connectivity index (χ3v) is 6.50. The smallest absolute Gasteiger partial charge is 0.411 e. The van der Waals surface area contributed by atoms with E-state index in [-0.39, 0.29) is 30.3 Å². The largest absolute Gasteiger partial charge is 0.481 e. The van der Waals surface area contributed by atoms with Crippen molar-refractivity contribution in [2.75, 3.05) is 18.5 Å². The van der Waals surface area contributed by atoms with Crippen molar-refractivity contribution in [2.24, 2.45) is 11.8 Å². The lowest BCUT2D eigenvalue weighted by atomic mass is 9.98. The summed E-state index contributed by atoms with van der Waals surface area (Å²) in [6, 6.07) is 22.8. The summed E-state index contributed by atoms with van der Waals surface area (Å²) in [5, 5.41) is 14.4. The minimum absolute atomic E-state index is 0.00374. The Labute approximate surface area is 196 Å². The number of ether oxygens (including phenoxy) is 1. The number of anilines is 1. The quantitative estimate of drug-likeness (QED) is 0.486. The van der Waals surface area contributed by atoms with Crippen LogP contribution in [0.25, 0.3) is 11.1 Å². The van der Waals surface area contributed by atoms with E-state index in [1.54, 1.807) is 24.3 Å². The van der Waals surface area contributed by atoms with Crippen molar-refractivity contribution in [1.29, 1.82) is 0 Å². The molecule has 0 bridgehead atoms. The number of fused-ring (bicyclic) bond motifs is 3. The minimum atomic E-state index is -0.817. The zero-order valence-electron chi connectivity index (χ0n) is 18.4. The molecule has 3 N–H and O–H groups in total. The van der Waals surface area contributed by atoms with Crippen molar-refractivity contribution in [3.05, 3.63) is 89.5 Å². The second-order valence-electron chi connectivity index (χ2n) is 8.68. The molecule has 0 spiro atoms. The van der Waals surface area contributed by atoms with Gasteiger partial charge < -0.3 is 15.2 Å². The zero-order chi connectivity index (χ0) is 23.7. The van der Waals surface area contributed by atoms with E-state index in [9.17, 15) is 14.4 Å². The molecule has 0 heterocycles. The minimum Gasteiger partial charge on any atom is -0.481 e. The summed E-state index contributed by atoms with van der Waals surface area (Å²) in [6.45, 7) is 0.564. The predicted molar refractivity (Wildman–Crippen MR) is 127 cm³/mol. The van der Waals surface area contributed by atoms with Gasteiger partial charge in [-0.3, -0.25) is 14.9 Å². The molecule has 3 aromatic carbocycles. The summed E-state index contributed by atoms with van der Waals surface area (Å²) in [6.07, 6.45) is 0.0334. The van der Waals surface area contributed by atoms with E-state index in [1.807, 2.05) is 24.3 Å². The Balaban J connectivity index is 1.14. The fraction of sp³-hybridized carbons (Fsp3) is 0.222. The van der Waals surface area contributed by atoms with Crippen molar-refractivity contribution < 1.29 is 24.2 Å². The zero-order valence-corrected chi connectivity index (χ0v) is 18.4. The van der Waals surface area contributed by atoms with Crippen LogP contribution in [0.3, 0.4) is 0 Å². The van der Waals surface area contributed by atoms with Gasteiger partial charge in [0.15, 0.2) is 0 Å². The van der Waals surface area contributed by atoms with Gasteiger partial charge in [-0.25, -0.2) is 4.79 Å². The summed E-state index contributed by atoms with van der Waals surface area (Å²) in [7, 11) is 0. The van der Waals surface area contributed by atoms with Crippen LogP contribution in [0.15, 0.2) is 72.8 Å². The maximum absolute atomic E-state index is 12.4. The summed E-state index contributed by atoms with van der Waals surface area (Å²) in [4.78, 5) is 35.6. The van der Waals surface area contributed by atoms with Crippen LogP contribution in [0, 0.1) is 11.8 Å². The van der Waals surface area contributed by atoms with Crippen LogP contribution in [0.1, 0.15) is 33.8 Å². The highest BCUT2D eigenvalue weighted by Crippen LogP contribution is 2.44. The van der Waals surface area contributed by atoms with Crippen molar-refractivity contribution in [1.82, 2.24) is 5.32 Å².